The molecule has 2 rings (SSSR count). The van der Waals surface area contributed by atoms with Gasteiger partial charge in [-0.1, -0.05) is 69.2 Å². The molecule has 1 heteroatoms. The zero-order chi connectivity index (χ0) is 15.8. The molecule has 0 unspecified atom stereocenters. The molecule has 0 heterocycles. The van der Waals surface area contributed by atoms with E-state index in [2.05, 4.69) is 69.2 Å². The molecule has 0 nitrogen and oxygen atoms in total. The van der Waals surface area contributed by atoms with Gasteiger partial charge in [0, 0.05) is 0 Å². The molecule has 23 heavy (non-hydrogen) atoms. The van der Waals surface area contributed by atoms with Gasteiger partial charge < -0.3 is 14.9 Å². The van der Waals surface area contributed by atoms with E-state index in [1.807, 2.05) is 0 Å². The Labute approximate surface area is 170 Å². The Morgan fingerprint density at radius 2 is 0.565 bits per heavy atom. The third-order valence-electron chi connectivity index (χ3n) is 5.62. The zero-order valence-electron chi connectivity index (χ0n) is 17.5. The van der Waals surface area contributed by atoms with Crippen molar-refractivity contribution in [1.29, 1.82) is 0 Å². The fraction of sp³-hybridized carbons (Fsp3) is 0.455. The van der Waals surface area contributed by atoms with Gasteiger partial charge in [-0.05, 0) is 0 Å². The van der Waals surface area contributed by atoms with E-state index in [0.717, 1.165) is 0 Å². The molecule has 0 fully saturated rings. The van der Waals surface area contributed by atoms with E-state index in [0.29, 0.717) is 0 Å². The van der Waals surface area contributed by atoms with Crippen LogP contribution in [0.5, 0.6) is 0 Å². The summed E-state index contributed by atoms with van der Waals surface area (Å²) in [5.74, 6) is 0. The molecule has 0 aliphatic rings. The topological polar surface area (TPSA) is 0 Å². The molecule has 0 N–H and O–H groups in total. The smallest absolute Gasteiger partial charge is 0.358 e. The summed E-state index contributed by atoms with van der Waals surface area (Å²) in [4.78, 5) is 0. The minimum Gasteiger partial charge on any atom is -0.358 e. The number of rotatable bonds is 0. The molecule has 0 atom stereocenters. The minimum absolute atomic E-state index is 0. The Hall–Kier alpha value is -0.248. The molecule has 0 saturated heterocycles. The Balaban J connectivity index is -0.000000308. The van der Waals surface area contributed by atoms with Crippen molar-refractivity contribution in [1.82, 2.24) is 0 Å². The van der Waals surface area contributed by atoms with Crippen LogP contribution in [0.15, 0.2) is 0 Å². The Bertz CT molecular complexity index is 405. The van der Waals surface area contributed by atoms with Crippen LogP contribution in [-0.2, 0) is 0 Å². The van der Waals surface area contributed by atoms with Crippen LogP contribution in [0.2, 0.25) is 0 Å². The predicted molar refractivity (Wildman–Crippen MR) is 104 cm³/mol. The first-order valence-electron chi connectivity index (χ1n) is 7.50. The standard InChI is InChI=1S/2C10H15.2CH3.U/c2*1-6-7(2)9(4)10(5)8(6)3;;;/h2*1-5H3;2*1H3;/q4*-1;+4. The van der Waals surface area contributed by atoms with Crippen molar-refractivity contribution >= 4 is 0 Å². The molecule has 128 valence electrons. The van der Waals surface area contributed by atoms with Gasteiger partial charge in [-0.25, -0.2) is 0 Å². The summed E-state index contributed by atoms with van der Waals surface area (Å²) in [7, 11) is 0. The first-order valence-corrected chi connectivity index (χ1v) is 7.50. The molecule has 0 bridgehead atoms. The van der Waals surface area contributed by atoms with Crippen LogP contribution >= 0.6 is 0 Å². The molecular weight excluding hydrogens is 502 g/mol. The molecular formula is C22H36U. The molecule has 0 spiro atoms. The van der Waals surface area contributed by atoms with E-state index in [4.69, 9.17) is 0 Å². The second-order valence-electron chi connectivity index (χ2n) is 6.25. The predicted octanol–water partition coefficient (Wildman–Crippen LogP) is 6.80. The maximum atomic E-state index is 2.20. The van der Waals surface area contributed by atoms with Gasteiger partial charge in [0.25, 0.3) is 0 Å². The molecule has 0 aromatic heterocycles. The number of hydrogen-bond acceptors (Lipinski definition) is 0. The molecule has 2 aromatic carbocycles. The van der Waals surface area contributed by atoms with Crippen molar-refractivity contribution in [3.05, 3.63) is 70.5 Å². The molecule has 0 saturated carbocycles. The fourth-order valence-corrected chi connectivity index (χ4v) is 2.81. The summed E-state index contributed by atoms with van der Waals surface area (Å²) < 4.78 is 0. The Kier molecular flexibility index (Phi) is 12.7. The van der Waals surface area contributed by atoms with E-state index < -0.39 is 0 Å². The van der Waals surface area contributed by atoms with E-state index in [1.54, 1.807) is 0 Å². The Morgan fingerprint density at radius 1 is 0.435 bits per heavy atom. The van der Waals surface area contributed by atoms with E-state index in [-0.39, 0.29) is 46.0 Å². The zero-order valence-corrected chi connectivity index (χ0v) is 21.7. The summed E-state index contributed by atoms with van der Waals surface area (Å²) in [6, 6.07) is 0. The van der Waals surface area contributed by atoms with Crippen molar-refractivity contribution in [3.63, 3.8) is 0 Å². The third kappa shape index (κ3) is 5.37. The van der Waals surface area contributed by atoms with Gasteiger partial charge >= 0.3 is 31.1 Å². The van der Waals surface area contributed by atoms with E-state index in [9.17, 15) is 0 Å². The second kappa shape index (κ2) is 10.6. The van der Waals surface area contributed by atoms with Crippen LogP contribution < -0.4 is 0 Å². The molecule has 0 amide bonds. The first-order chi connectivity index (χ1) is 9.11. The summed E-state index contributed by atoms with van der Waals surface area (Å²) >= 11 is 0. The van der Waals surface area contributed by atoms with Crippen molar-refractivity contribution < 1.29 is 31.1 Å². The first kappa shape index (κ1) is 27.6. The average molecular weight is 539 g/mol. The van der Waals surface area contributed by atoms with Crippen LogP contribution in [0.3, 0.4) is 0 Å². The van der Waals surface area contributed by atoms with Gasteiger partial charge in [0.05, 0.1) is 0 Å². The molecule has 0 aliphatic heterocycles. The third-order valence-corrected chi connectivity index (χ3v) is 5.62. The van der Waals surface area contributed by atoms with Gasteiger partial charge in [-0.3, -0.25) is 0 Å². The van der Waals surface area contributed by atoms with Crippen molar-refractivity contribution in [2.75, 3.05) is 0 Å². The van der Waals surface area contributed by atoms with Crippen molar-refractivity contribution in [2.45, 2.75) is 69.2 Å². The monoisotopic (exact) mass is 538 g/mol. The van der Waals surface area contributed by atoms with E-state index >= 15 is 0 Å². The minimum atomic E-state index is 0. The van der Waals surface area contributed by atoms with Crippen LogP contribution in [0, 0.1) is 115 Å². The molecule has 2 aromatic rings. The van der Waals surface area contributed by atoms with Crippen LogP contribution in [0.25, 0.3) is 0 Å². The maximum absolute atomic E-state index is 2.20. The normalized spacial score (nSPS) is 9.13. The largest absolute Gasteiger partial charge is 4.00 e. The van der Waals surface area contributed by atoms with Gasteiger partial charge in [-0.2, -0.15) is 55.6 Å². The van der Waals surface area contributed by atoms with Crippen molar-refractivity contribution in [3.8, 4) is 0 Å². The van der Waals surface area contributed by atoms with E-state index in [1.165, 1.54) is 55.6 Å². The number of hydrogen-bond donors (Lipinski definition) is 0. The van der Waals surface area contributed by atoms with Crippen LogP contribution in [0.1, 0.15) is 55.6 Å². The quantitative estimate of drug-likeness (QED) is 0.324. The summed E-state index contributed by atoms with van der Waals surface area (Å²) in [6.07, 6.45) is 0. The summed E-state index contributed by atoms with van der Waals surface area (Å²) in [5.41, 5.74) is 14.7. The SMILES string of the molecule is Cc1c(C)c(C)[c-](C)c1C.Cc1c(C)c(C)[c-](C)c1C.[CH3-].[CH3-].[U+4]. The summed E-state index contributed by atoms with van der Waals surface area (Å²) in [6.45, 7) is 22.0. The van der Waals surface area contributed by atoms with Crippen LogP contribution in [0.4, 0.5) is 0 Å². The Morgan fingerprint density at radius 3 is 0.609 bits per heavy atom. The molecule has 0 aliphatic carbocycles. The van der Waals surface area contributed by atoms with Gasteiger partial charge in [0.2, 0.25) is 0 Å². The van der Waals surface area contributed by atoms with Gasteiger partial charge in [-0.15, -0.1) is 0 Å². The second-order valence-corrected chi connectivity index (χ2v) is 6.25. The van der Waals surface area contributed by atoms with Crippen molar-refractivity contribution in [2.24, 2.45) is 0 Å². The van der Waals surface area contributed by atoms with Gasteiger partial charge in [0.1, 0.15) is 0 Å². The molecule has 0 radical (unpaired) electrons. The average Bonchev–Trinajstić information content (AvgIpc) is 2.71. The maximum Gasteiger partial charge on any atom is 4.00 e. The fourth-order valence-electron chi connectivity index (χ4n) is 2.81. The summed E-state index contributed by atoms with van der Waals surface area (Å²) in [5, 5.41) is 0. The van der Waals surface area contributed by atoms with Crippen LogP contribution in [-0.4, -0.2) is 0 Å². The van der Waals surface area contributed by atoms with Gasteiger partial charge in [0.15, 0.2) is 0 Å².